The summed E-state index contributed by atoms with van der Waals surface area (Å²) in [7, 11) is 1.83. The van der Waals surface area contributed by atoms with Crippen molar-refractivity contribution in [3.63, 3.8) is 0 Å². The predicted octanol–water partition coefficient (Wildman–Crippen LogP) is 3.34. The Morgan fingerprint density at radius 3 is 2.24 bits per heavy atom. The fourth-order valence-electron chi connectivity index (χ4n) is 1.88. The van der Waals surface area contributed by atoms with Crippen molar-refractivity contribution in [2.75, 3.05) is 20.1 Å². The van der Waals surface area contributed by atoms with E-state index >= 15 is 0 Å². The van der Waals surface area contributed by atoms with Crippen molar-refractivity contribution in [2.24, 2.45) is 11.1 Å². The van der Waals surface area contributed by atoms with Gasteiger partial charge in [-0.3, -0.25) is 4.79 Å². The molecule has 1 aromatic rings. The van der Waals surface area contributed by atoms with Gasteiger partial charge in [0.05, 0.1) is 11.2 Å². The highest BCUT2D eigenvalue weighted by molar-refractivity contribution is 7.11. The second kappa shape index (κ2) is 8.32. The first-order chi connectivity index (χ1) is 8.58. The molecule has 7 heteroatoms. The van der Waals surface area contributed by atoms with Gasteiger partial charge in [-0.2, -0.15) is 0 Å². The van der Waals surface area contributed by atoms with E-state index in [1.807, 2.05) is 7.05 Å². The summed E-state index contributed by atoms with van der Waals surface area (Å²) >= 11 is 1.41. The standard InChI is InChI=1S/C14H25N3OS.2ClH/c1-13(2,3)11-10(19-9-16-11)12(18)17(6)8-14(4,5)7-15;;/h9H,7-8,15H2,1-6H3;2*1H. The number of nitrogens with zero attached hydrogens (tertiary/aromatic N) is 2. The minimum absolute atomic E-state index is 0. The summed E-state index contributed by atoms with van der Waals surface area (Å²) in [6, 6.07) is 0. The van der Waals surface area contributed by atoms with Gasteiger partial charge >= 0.3 is 0 Å². The molecule has 0 radical (unpaired) electrons. The van der Waals surface area contributed by atoms with Crippen molar-refractivity contribution in [1.29, 1.82) is 0 Å². The number of halogens is 2. The molecule has 1 rings (SSSR count). The van der Waals surface area contributed by atoms with E-state index in [0.717, 1.165) is 10.6 Å². The van der Waals surface area contributed by atoms with Crippen LogP contribution in [0.15, 0.2) is 5.51 Å². The summed E-state index contributed by atoms with van der Waals surface area (Å²) < 4.78 is 0. The third-order valence-electron chi connectivity index (χ3n) is 3.04. The highest BCUT2D eigenvalue weighted by atomic mass is 35.5. The number of thiazole rings is 1. The maximum atomic E-state index is 12.5. The molecule has 0 spiro atoms. The molecule has 4 nitrogen and oxygen atoms in total. The van der Waals surface area contributed by atoms with E-state index in [2.05, 4.69) is 39.6 Å². The van der Waals surface area contributed by atoms with Crippen LogP contribution in [0.4, 0.5) is 0 Å². The van der Waals surface area contributed by atoms with Gasteiger partial charge in [0.25, 0.3) is 5.91 Å². The Kier molecular flexibility index (Phi) is 9.08. The van der Waals surface area contributed by atoms with Gasteiger partial charge in [-0.1, -0.05) is 34.6 Å². The number of nitrogens with two attached hydrogens (primary N) is 1. The normalized spacial score (nSPS) is 11.4. The second-order valence-electron chi connectivity index (χ2n) is 6.81. The molecule has 0 aliphatic rings. The highest BCUT2D eigenvalue weighted by Crippen LogP contribution is 2.28. The molecular weight excluding hydrogens is 329 g/mol. The zero-order chi connectivity index (χ0) is 14.8. The van der Waals surface area contributed by atoms with Crippen LogP contribution in [0.5, 0.6) is 0 Å². The minimum Gasteiger partial charge on any atom is -0.340 e. The number of amides is 1. The quantitative estimate of drug-likeness (QED) is 0.900. The van der Waals surface area contributed by atoms with Crippen LogP contribution in [-0.4, -0.2) is 35.9 Å². The summed E-state index contributed by atoms with van der Waals surface area (Å²) in [5.41, 5.74) is 8.16. The van der Waals surface area contributed by atoms with Crippen LogP contribution in [0.2, 0.25) is 0 Å². The van der Waals surface area contributed by atoms with Gasteiger partial charge < -0.3 is 10.6 Å². The number of carbonyl (C=O) groups is 1. The molecule has 1 aromatic heterocycles. The van der Waals surface area contributed by atoms with Gasteiger partial charge in [0, 0.05) is 19.0 Å². The number of aromatic nitrogens is 1. The van der Waals surface area contributed by atoms with Gasteiger partial charge in [-0.25, -0.2) is 4.98 Å². The summed E-state index contributed by atoms with van der Waals surface area (Å²) in [4.78, 5) is 19.4. The lowest BCUT2D eigenvalue weighted by Gasteiger charge is -2.29. The van der Waals surface area contributed by atoms with Crippen LogP contribution < -0.4 is 5.73 Å². The molecule has 0 saturated heterocycles. The van der Waals surface area contributed by atoms with E-state index in [1.165, 1.54) is 11.3 Å². The Hall–Kier alpha value is -0.360. The molecule has 21 heavy (non-hydrogen) atoms. The summed E-state index contributed by atoms with van der Waals surface area (Å²) in [6.07, 6.45) is 0. The van der Waals surface area contributed by atoms with Crippen molar-refractivity contribution < 1.29 is 4.79 Å². The van der Waals surface area contributed by atoms with Crippen molar-refractivity contribution in [3.8, 4) is 0 Å². The molecule has 0 saturated carbocycles. The van der Waals surface area contributed by atoms with E-state index < -0.39 is 0 Å². The molecular formula is C14H27Cl2N3OS. The SMILES string of the molecule is CN(CC(C)(C)CN)C(=O)c1scnc1C(C)(C)C.Cl.Cl. The number of carbonyl (C=O) groups excluding carboxylic acids is 1. The van der Waals surface area contributed by atoms with Crippen molar-refractivity contribution in [1.82, 2.24) is 9.88 Å². The first-order valence-electron chi connectivity index (χ1n) is 6.48. The number of hydrogen-bond donors (Lipinski definition) is 1. The van der Waals surface area contributed by atoms with E-state index in [4.69, 9.17) is 5.73 Å². The van der Waals surface area contributed by atoms with Crippen LogP contribution in [-0.2, 0) is 5.41 Å². The maximum absolute atomic E-state index is 12.5. The zero-order valence-electron chi connectivity index (χ0n) is 13.6. The molecule has 0 aromatic carbocycles. The first-order valence-corrected chi connectivity index (χ1v) is 7.36. The molecule has 0 bridgehead atoms. The summed E-state index contributed by atoms with van der Waals surface area (Å²) in [5, 5.41) is 0. The maximum Gasteiger partial charge on any atom is 0.265 e. The van der Waals surface area contributed by atoms with Crippen molar-refractivity contribution in [2.45, 2.75) is 40.0 Å². The topological polar surface area (TPSA) is 59.2 Å². The molecule has 0 atom stereocenters. The Morgan fingerprint density at radius 1 is 1.29 bits per heavy atom. The van der Waals surface area contributed by atoms with E-state index in [1.54, 1.807) is 10.4 Å². The lowest BCUT2D eigenvalue weighted by molar-refractivity contribution is 0.0742. The molecule has 2 N–H and O–H groups in total. The number of hydrogen-bond acceptors (Lipinski definition) is 4. The van der Waals surface area contributed by atoms with Gasteiger partial charge in [0.15, 0.2) is 0 Å². The summed E-state index contributed by atoms with van der Waals surface area (Å²) in [5.74, 6) is 0.0361. The fraction of sp³-hybridized carbons (Fsp3) is 0.714. The third-order valence-corrected chi connectivity index (χ3v) is 3.85. The number of rotatable bonds is 4. The molecule has 0 aliphatic carbocycles. The molecule has 124 valence electrons. The highest BCUT2D eigenvalue weighted by Gasteiger charge is 2.28. The van der Waals surface area contributed by atoms with Gasteiger partial charge in [-0.15, -0.1) is 36.2 Å². The smallest absolute Gasteiger partial charge is 0.265 e. The summed E-state index contributed by atoms with van der Waals surface area (Å²) in [6.45, 7) is 11.5. The Bertz CT molecular complexity index is 455. The first kappa shape index (κ1) is 22.9. The van der Waals surface area contributed by atoms with Crippen molar-refractivity contribution >= 4 is 42.1 Å². The van der Waals surface area contributed by atoms with E-state index in [-0.39, 0.29) is 41.6 Å². The van der Waals surface area contributed by atoms with Crippen molar-refractivity contribution in [3.05, 3.63) is 16.1 Å². The van der Waals surface area contributed by atoms with Crippen LogP contribution in [0.3, 0.4) is 0 Å². The third kappa shape index (κ3) is 6.10. The van der Waals surface area contributed by atoms with Gasteiger partial charge in [-0.05, 0) is 12.0 Å². The molecule has 1 heterocycles. The monoisotopic (exact) mass is 355 g/mol. The largest absolute Gasteiger partial charge is 0.340 e. The van der Waals surface area contributed by atoms with Crippen LogP contribution in [0.25, 0.3) is 0 Å². The van der Waals surface area contributed by atoms with Gasteiger partial charge in [0.2, 0.25) is 0 Å². The Labute approximate surface area is 144 Å². The zero-order valence-corrected chi connectivity index (χ0v) is 16.0. The second-order valence-corrected chi connectivity index (χ2v) is 7.66. The average Bonchev–Trinajstić information content (AvgIpc) is 2.75. The van der Waals surface area contributed by atoms with Gasteiger partial charge in [0.1, 0.15) is 4.88 Å². The minimum atomic E-state index is -0.116. The average molecular weight is 356 g/mol. The van der Waals surface area contributed by atoms with Crippen LogP contribution >= 0.6 is 36.2 Å². The fourth-order valence-corrected chi connectivity index (χ4v) is 2.87. The molecule has 1 amide bonds. The van der Waals surface area contributed by atoms with Crippen LogP contribution in [0.1, 0.15) is 50.0 Å². The Morgan fingerprint density at radius 2 is 1.81 bits per heavy atom. The van der Waals surface area contributed by atoms with E-state index in [9.17, 15) is 4.79 Å². The molecule has 0 unspecified atom stereocenters. The lowest BCUT2D eigenvalue weighted by Crippen LogP contribution is -2.40. The molecule has 0 fully saturated rings. The Balaban J connectivity index is 0. The predicted molar refractivity (Wildman–Crippen MR) is 95.1 cm³/mol. The lowest BCUT2D eigenvalue weighted by atomic mass is 9.90. The molecule has 0 aliphatic heterocycles. The van der Waals surface area contributed by atoms with Crippen LogP contribution in [0, 0.1) is 5.41 Å². The van der Waals surface area contributed by atoms with E-state index in [0.29, 0.717) is 13.1 Å².